The normalized spacial score (nSPS) is 14.0. The molecule has 15 heteroatoms. The molecule has 3 aromatic rings. The van der Waals surface area contributed by atoms with E-state index in [-0.39, 0.29) is 25.9 Å². The number of nitrogens with zero attached hydrogens (tertiary/aromatic N) is 2. The molecule has 0 fully saturated rings. The molecule has 0 saturated heterocycles. The van der Waals surface area contributed by atoms with Crippen molar-refractivity contribution < 1.29 is 39.4 Å². The molecule has 43 heavy (non-hydrogen) atoms. The monoisotopic (exact) mass is 642 g/mol. The lowest BCUT2D eigenvalue weighted by molar-refractivity contribution is -0.140. The summed E-state index contributed by atoms with van der Waals surface area (Å²) in [5, 5.41) is 2.41. The number of hydrogen-bond acceptors (Lipinski definition) is 7. The van der Waals surface area contributed by atoms with Gasteiger partial charge in [0.05, 0.1) is 16.2 Å². The van der Waals surface area contributed by atoms with Gasteiger partial charge in [0.2, 0.25) is 15.9 Å². The average molecular weight is 643 g/mol. The minimum atomic E-state index is -4.91. The third kappa shape index (κ3) is 9.06. The van der Waals surface area contributed by atoms with E-state index >= 15 is 0 Å². The van der Waals surface area contributed by atoms with Gasteiger partial charge >= 0.3 is 6.18 Å². The van der Waals surface area contributed by atoms with Gasteiger partial charge in [-0.1, -0.05) is 30.3 Å². The van der Waals surface area contributed by atoms with Gasteiger partial charge in [0, 0.05) is 31.5 Å². The van der Waals surface area contributed by atoms with Crippen LogP contribution in [0.5, 0.6) is 0 Å². The summed E-state index contributed by atoms with van der Waals surface area (Å²) < 4.78 is 101. The Kier molecular flexibility index (Phi) is 11.1. The molecule has 234 valence electrons. The topological polar surface area (TPSA) is 160 Å². The van der Waals surface area contributed by atoms with Crippen molar-refractivity contribution in [1.82, 2.24) is 14.6 Å². The van der Waals surface area contributed by atoms with Crippen molar-refractivity contribution in [2.75, 3.05) is 18.8 Å². The highest BCUT2D eigenvalue weighted by Crippen LogP contribution is 2.38. The van der Waals surface area contributed by atoms with Crippen LogP contribution < -0.4 is 11.1 Å². The second-order valence-electron chi connectivity index (χ2n) is 9.95. The molecule has 0 aliphatic rings. The fraction of sp³-hybridized carbons (Fsp3) is 0.357. The predicted molar refractivity (Wildman–Crippen MR) is 155 cm³/mol. The summed E-state index contributed by atoms with van der Waals surface area (Å²) in [6, 6.07) is 10.4. The van der Waals surface area contributed by atoms with Gasteiger partial charge in [-0.25, -0.2) is 8.42 Å². The summed E-state index contributed by atoms with van der Waals surface area (Å²) in [5.74, 6) is -1.81. The smallest absolute Gasteiger partial charge is 0.355 e. The van der Waals surface area contributed by atoms with E-state index in [4.69, 9.17) is 10.3 Å². The number of rotatable bonds is 13. The van der Waals surface area contributed by atoms with Crippen LogP contribution in [0.2, 0.25) is 0 Å². The molecular weight excluding hydrogens is 609 g/mol. The minimum absolute atomic E-state index is 0.0176. The highest BCUT2D eigenvalue weighted by Gasteiger charge is 2.40. The maximum absolute atomic E-state index is 13.9. The molecule has 0 aliphatic carbocycles. The zero-order valence-corrected chi connectivity index (χ0v) is 25.1. The van der Waals surface area contributed by atoms with E-state index in [9.17, 15) is 34.8 Å². The van der Waals surface area contributed by atoms with E-state index in [1.54, 1.807) is 37.5 Å². The second kappa shape index (κ2) is 13.9. The van der Waals surface area contributed by atoms with E-state index in [2.05, 4.69) is 10.3 Å². The number of unbranched alkanes of at least 4 members (excludes halogenated alkanes) is 1. The summed E-state index contributed by atoms with van der Waals surface area (Å²) in [6.07, 6.45) is -1.28. The number of pyridine rings is 1. The van der Waals surface area contributed by atoms with Crippen molar-refractivity contribution in [3.63, 3.8) is 0 Å². The fourth-order valence-electron chi connectivity index (χ4n) is 4.54. The maximum atomic E-state index is 13.9. The van der Waals surface area contributed by atoms with Gasteiger partial charge in [-0.05, 0) is 73.2 Å². The van der Waals surface area contributed by atoms with E-state index < -0.39 is 60.5 Å². The lowest BCUT2D eigenvalue weighted by atomic mass is 9.98. The number of aromatic nitrogens is 1. The Hall–Kier alpha value is -3.37. The third-order valence-electron chi connectivity index (χ3n) is 6.74. The van der Waals surface area contributed by atoms with Crippen molar-refractivity contribution in [1.29, 1.82) is 0 Å². The molecule has 0 bridgehead atoms. The summed E-state index contributed by atoms with van der Waals surface area (Å²) in [7, 11) is -9.16. The Bertz CT molecular complexity index is 1650. The number of nitrogens with two attached hydrogens (primary N) is 1. The maximum Gasteiger partial charge on any atom is 0.417 e. The van der Waals surface area contributed by atoms with Gasteiger partial charge in [0.15, 0.2) is 0 Å². The van der Waals surface area contributed by atoms with Crippen LogP contribution in [0.4, 0.5) is 13.2 Å². The zero-order valence-electron chi connectivity index (χ0n) is 23.5. The summed E-state index contributed by atoms with van der Waals surface area (Å²) in [5.41, 5.74) is 7.26. The van der Waals surface area contributed by atoms with Crippen LogP contribution in [0.25, 0.3) is 11.1 Å². The van der Waals surface area contributed by atoms with Gasteiger partial charge in [0.1, 0.15) is 6.04 Å². The number of nitrogens with one attached hydrogen (secondary N) is 1. The predicted octanol–water partition coefficient (Wildman–Crippen LogP) is 3.94. The summed E-state index contributed by atoms with van der Waals surface area (Å²) >= 11 is 0. The molecule has 1 aromatic heterocycles. The van der Waals surface area contributed by atoms with Crippen molar-refractivity contribution in [3.8, 4) is 11.1 Å². The van der Waals surface area contributed by atoms with Crippen LogP contribution in [0.3, 0.4) is 0 Å². The molecule has 3 rings (SSSR count). The molecule has 0 radical (unpaired) electrons. The van der Waals surface area contributed by atoms with Crippen LogP contribution in [0.1, 0.15) is 42.5 Å². The zero-order chi connectivity index (χ0) is 32.0. The number of halogens is 3. The lowest BCUT2D eigenvalue weighted by Gasteiger charge is -2.30. The number of hydrogen-bond donors (Lipinski definition) is 3. The first kappa shape index (κ1) is 34.1. The Labute approximate surface area is 248 Å². The number of alkyl halides is 3. The first-order valence-electron chi connectivity index (χ1n) is 13.2. The summed E-state index contributed by atoms with van der Waals surface area (Å²) in [4.78, 5) is 15.2. The van der Waals surface area contributed by atoms with Crippen molar-refractivity contribution in [2.45, 2.75) is 49.8 Å². The quantitative estimate of drug-likeness (QED) is 0.187. The molecule has 2 aromatic carbocycles. The van der Waals surface area contributed by atoms with E-state index in [1.807, 2.05) is 19.1 Å². The molecule has 10 nitrogen and oxygen atoms in total. The largest absolute Gasteiger partial charge is 0.417 e. The van der Waals surface area contributed by atoms with Crippen LogP contribution in [0.15, 0.2) is 71.9 Å². The Morgan fingerprint density at radius 3 is 2.42 bits per heavy atom. The number of sulfonamides is 1. The van der Waals surface area contributed by atoms with Gasteiger partial charge in [-0.3, -0.25) is 14.3 Å². The molecule has 1 heterocycles. The van der Waals surface area contributed by atoms with E-state index in [0.717, 1.165) is 33.1 Å². The molecule has 0 aliphatic heterocycles. The summed E-state index contributed by atoms with van der Waals surface area (Å²) in [6.45, 7) is 3.25. The molecule has 2 unspecified atom stereocenters. The molecule has 0 spiro atoms. The number of carbonyl (C=O) groups excluding carboxylic acids is 1. The minimum Gasteiger partial charge on any atom is -0.355 e. The average Bonchev–Trinajstić information content (AvgIpc) is 2.93. The Morgan fingerprint density at radius 2 is 1.77 bits per heavy atom. The molecule has 2 atom stereocenters. The van der Waals surface area contributed by atoms with Crippen molar-refractivity contribution in [3.05, 3.63) is 83.7 Å². The fourth-order valence-corrected chi connectivity index (χ4v) is 7.02. The number of benzene rings is 2. The first-order chi connectivity index (χ1) is 20.0. The van der Waals surface area contributed by atoms with Gasteiger partial charge in [0.25, 0.3) is 10.1 Å². The van der Waals surface area contributed by atoms with Crippen LogP contribution in [-0.4, -0.2) is 61.5 Å². The van der Waals surface area contributed by atoms with E-state index in [0.29, 0.717) is 11.6 Å². The third-order valence-corrected chi connectivity index (χ3v) is 9.55. The molecule has 4 N–H and O–H groups in total. The number of carbonyl (C=O) groups is 1. The van der Waals surface area contributed by atoms with Gasteiger partial charge in [-0.15, -0.1) is 0 Å². The van der Waals surface area contributed by atoms with Gasteiger partial charge in [-0.2, -0.15) is 25.9 Å². The lowest BCUT2D eigenvalue weighted by Crippen LogP contribution is -2.45. The van der Waals surface area contributed by atoms with Crippen molar-refractivity contribution in [2.24, 2.45) is 5.73 Å². The van der Waals surface area contributed by atoms with Crippen LogP contribution in [0, 0.1) is 6.92 Å². The standard InChI is InChI=1S/C28H33F3N4O6S2/c1-19-17-33-14-12-23(19)22-9-7-8-21(16-22)20(2)35(15-6-5-13-34-27(36)25(32)18-42(37,38)39)43(40,41)26-11-4-3-10-24(26)28(29,30)31/h3-4,7-12,14,16-17,20,25H,5-6,13,15,18,32H2,1-2H3,(H,34,36)(H,37,38,39). The molecule has 1 amide bonds. The number of amides is 1. The van der Waals surface area contributed by atoms with Crippen LogP contribution >= 0.6 is 0 Å². The first-order valence-corrected chi connectivity index (χ1v) is 16.2. The van der Waals surface area contributed by atoms with E-state index in [1.165, 1.54) is 6.07 Å². The highest BCUT2D eigenvalue weighted by molar-refractivity contribution is 7.89. The molecule has 0 saturated carbocycles. The Balaban J connectivity index is 1.89. The Morgan fingerprint density at radius 1 is 1.07 bits per heavy atom. The second-order valence-corrected chi connectivity index (χ2v) is 13.3. The highest BCUT2D eigenvalue weighted by atomic mass is 32.2. The number of aryl methyl sites for hydroxylation is 1. The molecular formula is C28H33F3N4O6S2. The van der Waals surface area contributed by atoms with Gasteiger partial charge < -0.3 is 11.1 Å². The SMILES string of the molecule is Cc1cnccc1-c1cccc(C(C)N(CCCCNC(=O)C(N)CS(=O)(=O)O)S(=O)(=O)c2ccccc2C(F)(F)F)c1. The van der Waals surface area contributed by atoms with Crippen LogP contribution in [-0.2, 0) is 31.1 Å². The van der Waals surface area contributed by atoms with Crippen molar-refractivity contribution >= 4 is 26.0 Å².